The molecule has 0 amide bonds. The van der Waals surface area contributed by atoms with E-state index in [4.69, 9.17) is 0 Å². The number of thiazole rings is 1. The molecule has 0 unspecified atom stereocenters. The normalized spacial score (nSPS) is 12.0. The van der Waals surface area contributed by atoms with Crippen molar-refractivity contribution in [3.63, 3.8) is 0 Å². The molecule has 0 aliphatic rings. The van der Waals surface area contributed by atoms with Gasteiger partial charge in [0.1, 0.15) is 23.3 Å². The maximum Gasteiger partial charge on any atom is 0.263 e. The first-order valence-corrected chi connectivity index (χ1v) is 15.9. The van der Waals surface area contributed by atoms with Crippen molar-refractivity contribution in [3.05, 3.63) is 107 Å². The molecule has 42 heavy (non-hydrogen) atoms. The number of thioether (sulfide) groups is 1. The summed E-state index contributed by atoms with van der Waals surface area (Å²) in [6, 6.07) is 15.1. The average Bonchev–Trinajstić information content (AvgIpc) is 3.63. The zero-order valence-electron chi connectivity index (χ0n) is 22.6. The molecule has 0 aliphatic carbocycles. The minimum absolute atomic E-state index is 0.0762. The molecule has 0 fully saturated rings. The second-order valence-corrected chi connectivity index (χ2v) is 13.2. The molecule has 0 aliphatic heterocycles. The Balaban J connectivity index is 1.48. The van der Waals surface area contributed by atoms with Crippen LogP contribution in [0.1, 0.15) is 30.8 Å². The summed E-state index contributed by atoms with van der Waals surface area (Å²) in [6.45, 7) is 3.94. The Hall–Kier alpha value is -3.88. The van der Waals surface area contributed by atoms with Gasteiger partial charge in [-0.05, 0) is 67.9 Å². The Bertz CT molecular complexity index is 1790. The molecule has 8 nitrogen and oxygen atoms in total. The van der Waals surface area contributed by atoms with E-state index in [-0.39, 0.29) is 16.4 Å². The first kappa shape index (κ1) is 29.6. The fourth-order valence-corrected chi connectivity index (χ4v) is 7.01. The molecule has 2 N–H and O–H groups in total. The predicted molar refractivity (Wildman–Crippen MR) is 158 cm³/mol. The zero-order valence-corrected chi connectivity index (χ0v) is 25.0. The molecule has 2 heterocycles. The highest BCUT2D eigenvalue weighted by Gasteiger charge is 2.32. The Labute approximate surface area is 249 Å². The number of anilines is 2. The number of hydrogen-bond donors (Lipinski definition) is 2. The van der Waals surface area contributed by atoms with Crippen LogP contribution in [0.2, 0.25) is 0 Å². The van der Waals surface area contributed by atoms with Crippen LogP contribution in [0.25, 0.3) is 5.69 Å². The molecule has 0 spiro atoms. The molecule has 14 heteroatoms. The fourth-order valence-electron chi connectivity index (χ4n) is 4.23. The van der Waals surface area contributed by atoms with E-state index in [2.05, 4.69) is 25.2 Å². The van der Waals surface area contributed by atoms with Gasteiger partial charge < -0.3 is 5.32 Å². The Morgan fingerprint density at radius 2 is 1.64 bits per heavy atom. The van der Waals surface area contributed by atoms with Gasteiger partial charge in [-0.15, -0.1) is 21.5 Å². The van der Waals surface area contributed by atoms with Crippen LogP contribution < -0.4 is 10.0 Å². The minimum Gasteiger partial charge on any atom is -0.388 e. The summed E-state index contributed by atoms with van der Waals surface area (Å²) in [7, 11) is -2.43. The van der Waals surface area contributed by atoms with Crippen LogP contribution in [0.4, 0.5) is 24.0 Å². The third kappa shape index (κ3) is 6.01. The van der Waals surface area contributed by atoms with Crippen molar-refractivity contribution in [2.75, 3.05) is 17.1 Å². The smallest absolute Gasteiger partial charge is 0.263 e. The molecule has 5 rings (SSSR count). The van der Waals surface area contributed by atoms with Crippen molar-refractivity contribution in [1.29, 1.82) is 0 Å². The second kappa shape index (κ2) is 11.8. The molecule has 0 saturated carbocycles. The minimum atomic E-state index is -4.25. The topological polar surface area (TPSA) is 102 Å². The van der Waals surface area contributed by atoms with Crippen molar-refractivity contribution in [2.24, 2.45) is 0 Å². The lowest BCUT2D eigenvalue weighted by molar-refractivity contribution is 0.554. The summed E-state index contributed by atoms with van der Waals surface area (Å²) in [5, 5.41) is 13.8. The molecule has 218 valence electrons. The predicted octanol–water partition coefficient (Wildman–Crippen LogP) is 6.60. The molecule has 0 bridgehead atoms. The maximum atomic E-state index is 15.1. The summed E-state index contributed by atoms with van der Waals surface area (Å²) in [5.41, 5.74) is 1.45. The zero-order chi connectivity index (χ0) is 30.1. The van der Waals surface area contributed by atoms with Crippen LogP contribution >= 0.6 is 23.1 Å². The number of rotatable bonds is 10. The average molecular weight is 631 g/mol. The van der Waals surface area contributed by atoms with Gasteiger partial charge in [-0.25, -0.2) is 26.6 Å². The summed E-state index contributed by atoms with van der Waals surface area (Å²) in [6.07, 6.45) is 1.40. The highest BCUT2D eigenvalue weighted by molar-refractivity contribution is 7.98. The first-order chi connectivity index (χ1) is 20.0. The first-order valence-electron chi connectivity index (χ1n) is 12.5. The van der Waals surface area contributed by atoms with Crippen LogP contribution in [0.3, 0.4) is 0 Å². The lowest BCUT2D eigenvalue weighted by Gasteiger charge is -2.26. The molecule has 5 aromatic rings. The lowest BCUT2D eigenvalue weighted by atomic mass is 9.83. The largest absolute Gasteiger partial charge is 0.388 e. The van der Waals surface area contributed by atoms with Crippen molar-refractivity contribution >= 4 is 43.9 Å². The Morgan fingerprint density at radius 1 is 0.976 bits per heavy atom. The number of aromatic nitrogens is 4. The number of nitrogens with zero attached hydrogens (tertiary/aromatic N) is 4. The number of halogens is 3. The number of hydrogen-bond acceptors (Lipinski definition) is 8. The van der Waals surface area contributed by atoms with Crippen LogP contribution in [0.15, 0.2) is 82.3 Å². The van der Waals surface area contributed by atoms with E-state index in [9.17, 15) is 12.8 Å². The Morgan fingerprint density at radius 3 is 2.24 bits per heavy atom. The van der Waals surface area contributed by atoms with Gasteiger partial charge >= 0.3 is 0 Å². The van der Waals surface area contributed by atoms with E-state index >= 15 is 8.78 Å². The number of benzene rings is 3. The summed E-state index contributed by atoms with van der Waals surface area (Å²) in [5.74, 6) is -2.16. The van der Waals surface area contributed by atoms with E-state index in [1.54, 1.807) is 22.1 Å². The SMILES string of the molecule is CNc1ccc(C(C)(C)c2nnc(SCc3c(F)cc(S(=O)(=O)Nc4nccs4)cc3F)n2-c2ccc(F)cc2)cc1. The third-order valence-corrected chi connectivity index (χ3v) is 9.69. The van der Waals surface area contributed by atoms with Crippen molar-refractivity contribution in [3.8, 4) is 5.69 Å². The van der Waals surface area contributed by atoms with E-state index in [0.717, 1.165) is 46.5 Å². The van der Waals surface area contributed by atoms with Crippen molar-refractivity contribution in [1.82, 2.24) is 19.7 Å². The number of nitrogens with one attached hydrogen (secondary N) is 2. The van der Waals surface area contributed by atoms with E-state index < -0.39 is 37.8 Å². The number of sulfonamides is 1. The molecule has 2 aromatic heterocycles. The van der Waals surface area contributed by atoms with Crippen LogP contribution in [-0.2, 0) is 21.2 Å². The van der Waals surface area contributed by atoms with E-state index in [1.807, 2.05) is 45.2 Å². The highest BCUT2D eigenvalue weighted by Crippen LogP contribution is 2.36. The van der Waals surface area contributed by atoms with Gasteiger partial charge in [-0.2, -0.15) is 0 Å². The van der Waals surface area contributed by atoms with Gasteiger partial charge in [0.05, 0.1) is 10.3 Å². The van der Waals surface area contributed by atoms with Crippen LogP contribution in [-0.4, -0.2) is 35.2 Å². The fraction of sp³-hybridized carbons (Fsp3) is 0.179. The van der Waals surface area contributed by atoms with Gasteiger partial charge in [-0.1, -0.05) is 23.9 Å². The quantitative estimate of drug-likeness (QED) is 0.168. The molecule has 3 aromatic carbocycles. The van der Waals surface area contributed by atoms with Gasteiger partial charge in [0.2, 0.25) is 0 Å². The third-order valence-electron chi connectivity index (χ3n) is 6.60. The second-order valence-electron chi connectivity index (χ2n) is 9.67. The van der Waals surface area contributed by atoms with Crippen molar-refractivity contribution < 1.29 is 21.6 Å². The van der Waals surface area contributed by atoms with Gasteiger partial charge in [-0.3, -0.25) is 9.29 Å². The Kier molecular flexibility index (Phi) is 8.30. The monoisotopic (exact) mass is 630 g/mol. The molecule has 0 saturated heterocycles. The van der Waals surface area contributed by atoms with Gasteiger partial charge in [0.25, 0.3) is 10.0 Å². The summed E-state index contributed by atoms with van der Waals surface area (Å²) < 4.78 is 73.2. The molecular formula is C28H25F3N6O2S3. The molecule has 0 atom stereocenters. The van der Waals surface area contributed by atoms with E-state index in [0.29, 0.717) is 16.7 Å². The molecular weight excluding hydrogens is 606 g/mol. The summed E-state index contributed by atoms with van der Waals surface area (Å²) >= 11 is 2.05. The van der Waals surface area contributed by atoms with Gasteiger partial charge in [0.15, 0.2) is 10.3 Å². The van der Waals surface area contributed by atoms with E-state index in [1.165, 1.54) is 18.3 Å². The van der Waals surface area contributed by atoms with Crippen molar-refractivity contribution in [2.45, 2.75) is 35.1 Å². The standard InChI is InChI=1S/C28H25F3N6O2S3/c1-28(2,17-4-8-19(32-3)9-5-17)25-34-35-27(37(25)20-10-6-18(29)7-11-20)41-16-22-23(30)14-21(15-24(22)31)42(38,39)36-26-33-12-13-40-26/h4-15,32H,16H2,1-3H3,(H,33,36). The van der Waals surface area contributed by atoms with Crippen LogP contribution in [0.5, 0.6) is 0 Å². The highest BCUT2D eigenvalue weighted by atomic mass is 32.2. The lowest BCUT2D eigenvalue weighted by Crippen LogP contribution is -2.24. The van der Waals surface area contributed by atoms with Gasteiger partial charge in [0, 0.05) is 41.3 Å². The van der Waals surface area contributed by atoms with Crippen LogP contribution in [0, 0.1) is 17.5 Å². The summed E-state index contributed by atoms with van der Waals surface area (Å²) in [4.78, 5) is 3.27. The maximum absolute atomic E-state index is 15.1. The molecule has 0 radical (unpaired) electrons.